The lowest BCUT2D eigenvalue weighted by atomic mass is 9.99. The van der Waals surface area contributed by atoms with Crippen molar-refractivity contribution in [3.8, 4) is 0 Å². The maximum Gasteiger partial charge on any atom is 0.471 e. The average Bonchev–Trinajstić information content (AvgIpc) is 3.07. The monoisotopic (exact) mass is 462 g/mol. The van der Waals surface area contributed by atoms with Crippen molar-refractivity contribution in [2.45, 2.75) is 30.3 Å². The van der Waals surface area contributed by atoms with E-state index in [-0.39, 0.29) is 17.0 Å². The molecule has 0 saturated heterocycles. The first-order chi connectivity index (χ1) is 15.1. The molecule has 0 bridgehead atoms. The molecule has 0 aliphatic rings. The Morgan fingerprint density at radius 1 is 1.09 bits per heavy atom. The lowest BCUT2D eigenvalue weighted by Crippen LogP contribution is -2.30. The Kier molecular flexibility index (Phi) is 6.93. The van der Waals surface area contributed by atoms with Crippen LogP contribution in [0, 0.1) is 0 Å². The van der Waals surface area contributed by atoms with Gasteiger partial charge in [-0.25, -0.2) is 4.98 Å². The van der Waals surface area contributed by atoms with E-state index in [2.05, 4.69) is 10.3 Å². The van der Waals surface area contributed by atoms with Gasteiger partial charge in [0.2, 0.25) is 5.91 Å². The topological polar surface area (TPSA) is 75.5 Å². The molecule has 0 aliphatic heterocycles. The number of aromatic nitrogens is 2. The van der Waals surface area contributed by atoms with Gasteiger partial charge in [0.15, 0.2) is 5.82 Å². The molecule has 2 N–H and O–H groups in total. The molecule has 2 aromatic heterocycles. The quantitative estimate of drug-likeness (QED) is 0.418. The SMILES string of the molecule is CNC(=O)/C=C(\c1ccccc1)c1ccc2nc(NC(=O)C(F)(F)F)c(SC(C)C)n2c1. The van der Waals surface area contributed by atoms with Crippen LogP contribution in [0.15, 0.2) is 59.8 Å². The third-order valence-electron chi connectivity index (χ3n) is 4.33. The van der Waals surface area contributed by atoms with Crippen LogP contribution in [0.3, 0.4) is 0 Å². The summed E-state index contributed by atoms with van der Waals surface area (Å²) < 4.78 is 40.0. The van der Waals surface area contributed by atoms with Crippen molar-refractivity contribution >= 4 is 40.6 Å². The predicted molar refractivity (Wildman–Crippen MR) is 118 cm³/mol. The number of alkyl halides is 3. The highest BCUT2D eigenvalue weighted by Gasteiger charge is 2.39. The minimum Gasteiger partial charge on any atom is -0.356 e. The fraction of sp³-hybridized carbons (Fsp3) is 0.227. The molecule has 6 nitrogen and oxygen atoms in total. The van der Waals surface area contributed by atoms with Gasteiger partial charge in [-0.15, -0.1) is 11.8 Å². The summed E-state index contributed by atoms with van der Waals surface area (Å²) in [4.78, 5) is 27.8. The molecule has 0 radical (unpaired) electrons. The highest BCUT2D eigenvalue weighted by atomic mass is 32.2. The van der Waals surface area contributed by atoms with Gasteiger partial charge in [0.1, 0.15) is 10.7 Å². The minimum atomic E-state index is -5.03. The predicted octanol–water partition coefficient (Wildman–Crippen LogP) is 4.51. The van der Waals surface area contributed by atoms with Gasteiger partial charge in [0.25, 0.3) is 0 Å². The number of likely N-dealkylation sites (N-methyl/N-ethyl adjacent to an activating group) is 1. The van der Waals surface area contributed by atoms with E-state index in [0.717, 1.165) is 5.56 Å². The number of imidazole rings is 1. The molecule has 1 aromatic carbocycles. The number of carbonyl (C=O) groups excluding carboxylic acids is 2. The second kappa shape index (κ2) is 9.47. The molecular weight excluding hydrogens is 441 g/mol. The largest absolute Gasteiger partial charge is 0.471 e. The summed E-state index contributed by atoms with van der Waals surface area (Å²) in [5, 5.41) is 4.80. The van der Waals surface area contributed by atoms with E-state index >= 15 is 0 Å². The van der Waals surface area contributed by atoms with Crippen LogP contribution in [0.5, 0.6) is 0 Å². The molecule has 168 valence electrons. The number of fused-ring (bicyclic) bond motifs is 1. The first-order valence-electron chi connectivity index (χ1n) is 9.66. The van der Waals surface area contributed by atoms with Gasteiger partial charge >= 0.3 is 12.1 Å². The van der Waals surface area contributed by atoms with E-state index in [9.17, 15) is 22.8 Å². The summed E-state index contributed by atoms with van der Waals surface area (Å²) in [7, 11) is 1.52. The highest BCUT2D eigenvalue weighted by molar-refractivity contribution is 8.00. The Labute approximate surface area is 186 Å². The van der Waals surface area contributed by atoms with Gasteiger partial charge in [0.05, 0.1) is 0 Å². The van der Waals surface area contributed by atoms with Crippen LogP contribution < -0.4 is 10.6 Å². The number of nitrogens with zero attached hydrogens (tertiary/aromatic N) is 2. The Morgan fingerprint density at radius 3 is 2.38 bits per heavy atom. The maximum absolute atomic E-state index is 12.8. The first-order valence-corrected chi connectivity index (χ1v) is 10.5. The zero-order chi connectivity index (χ0) is 23.5. The molecule has 3 rings (SSSR count). The van der Waals surface area contributed by atoms with E-state index in [1.807, 2.05) is 49.5 Å². The number of halogens is 3. The molecule has 0 saturated carbocycles. The first kappa shape index (κ1) is 23.4. The number of nitrogens with one attached hydrogen (secondary N) is 2. The van der Waals surface area contributed by atoms with Crippen LogP contribution in [-0.2, 0) is 9.59 Å². The standard InChI is InChI=1S/C22H21F3N4O2S/c1-13(2)32-20-19(28-21(31)22(23,24)25)27-17-10-9-15(12-29(17)20)16(11-18(30)26-3)14-7-5-4-6-8-14/h4-13H,1-3H3,(H,26,30)(H,28,31)/b16-11+. The molecule has 2 amide bonds. The van der Waals surface area contributed by atoms with Gasteiger partial charge in [-0.3, -0.25) is 14.0 Å². The molecule has 0 unspecified atom stereocenters. The van der Waals surface area contributed by atoms with Crippen LogP contribution in [0.25, 0.3) is 11.2 Å². The molecule has 3 aromatic rings. The number of amides is 2. The Bertz CT molecular complexity index is 1170. The lowest BCUT2D eigenvalue weighted by Gasteiger charge is -2.12. The minimum absolute atomic E-state index is 0.00935. The molecular formula is C22H21F3N4O2S. The molecule has 32 heavy (non-hydrogen) atoms. The molecule has 0 atom stereocenters. The number of benzene rings is 1. The van der Waals surface area contributed by atoms with Crippen molar-refractivity contribution in [1.29, 1.82) is 0 Å². The second-order valence-electron chi connectivity index (χ2n) is 7.07. The number of pyridine rings is 1. The summed E-state index contributed by atoms with van der Waals surface area (Å²) in [5.74, 6) is -2.56. The summed E-state index contributed by atoms with van der Waals surface area (Å²) in [6.07, 6.45) is -1.88. The van der Waals surface area contributed by atoms with Crippen molar-refractivity contribution in [3.63, 3.8) is 0 Å². The van der Waals surface area contributed by atoms with E-state index in [4.69, 9.17) is 0 Å². The van der Waals surface area contributed by atoms with Crippen LogP contribution in [0.1, 0.15) is 25.0 Å². The number of hydrogen-bond donors (Lipinski definition) is 2. The fourth-order valence-corrected chi connectivity index (χ4v) is 3.85. The van der Waals surface area contributed by atoms with E-state index < -0.39 is 12.1 Å². The summed E-state index contributed by atoms with van der Waals surface area (Å²) in [6.45, 7) is 3.76. The van der Waals surface area contributed by atoms with Gasteiger partial charge in [-0.1, -0.05) is 44.2 Å². The second-order valence-corrected chi connectivity index (χ2v) is 8.63. The highest BCUT2D eigenvalue weighted by Crippen LogP contribution is 2.34. The molecule has 10 heteroatoms. The normalized spacial score (nSPS) is 12.3. The van der Waals surface area contributed by atoms with Gasteiger partial charge in [-0.05, 0) is 28.8 Å². The zero-order valence-corrected chi connectivity index (χ0v) is 18.3. The lowest BCUT2D eigenvalue weighted by molar-refractivity contribution is -0.167. The summed E-state index contributed by atoms with van der Waals surface area (Å²) in [6, 6.07) is 12.6. The summed E-state index contributed by atoms with van der Waals surface area (Å²) in [5.41, 5.74) is 2.44. The maximum atomic E-state index is 12.8. The Hall–Kier alpha value is -3.27. The van der Waals surface area contributed by atoms with E-state index in [1.165, 1.54) is 24.9 Å². The Balaban J connectivity index is 2.16. The summed E-state index contributed by atoms with van der Waals surface area (Å²) >= 11 is 1.27. The number of anilines is 1. The fourth-order valence-electron chi connectivity index (χ4n) is 2.93. The van der Waals surface area contributed by atoms with E-state index in [1.54, 1.807) is 22.7 Å². The van der Waals surface area contributed by atoms with Crippen molar-refractivity contribution in [1.82, 2.24) is 14.7 Å². The van der Waals surface area contributed by atoms with Crippen molar-refractivity contribution in [3.05, 3.63) is 65.9 Å². The van der Waals surface area contributed by atoms with Crippen LogP contribution >= 0.6 is 11.8 Å². The molecule has 0 aliphatic carbocycles. The van der Waals surface area contributed by atoms with Gasteiger partial charge in [0, 0.05) is 24.6 Å². The number of rotatable bonds is 6. The van der Waals surface area contributed by atoms with Gasteiger partial charge < -0.3 is 10.6 Å². The zero-order valence-electron chi connectivity index (χ0n) is 17.5. The third-order valence-corrected chi connectivity index (χ3v) is 5.41. The number of carbonyl (C=O) groups is 2. The van der Waals surface area contributed by atoms with Crippen LogP contribution in [0.4, 0.5) is 19.0 Å². The van der Waals surface area contributed by atoms with Crippen molar-refractivity contribution < 1.29 is 22.8 Å². The van der Waals surface area contributed by atoms with E-state index in [0.29, 0.717) is 21.8 Å². The van der Waals surface area contributed by atoms with Crippen LogP contribution in [-0.4, -0.2) is 39.7 Å². The molecule has 2 heterocycles. The Morgan fingerprint density at radius 2 is 1.78 bits per heavy atom. The molecule has 0 fully saturated rings. The third kappa shape index (κ3) is 5.31. The smallest absolute Gasteiger partial charge is 0.356 e. The van der Waals surface area contributed by atoms with Crippen LogP contribution in [0.2, 0.25) is 0 Å². The van der Waals surface area contributed by atoms with Crippen molar-refractivity contribution in [2.24, 2.45) is 0 Å². The van der Waals surface area contributed by atoms with Crippen molar-refractivity contribution in [2.75, 3.05) is 12.4 Å². The number of thioether (sulfide) groups is 1. The molecule has 0 spiro atoms. The number of hydrogen-bond acceptors (Lipinski definition) is 4. The average molecular weight is 462 g/mol. The van der Waals surface area contributed by atoms with Gasteiger partial charge in [-0.2, -0.15) is 13.2 Å².